The Hall–Kier alpha value is -1.58. The number of imidazole rings is 1. The van der Waals surface area contributed by atoms with E-state index in [2.05, 4.69) is 43.0 Å². The van der Waals surface area contributed by atoms with E-state index in [9.17, 15) is 0 Å². The second-order valence-corrected chi connectivity index (χ2v) is 5.88. The number of hydrogen-bond acceptors (Lipinski definition) is 3. The van der Waals surface area contributed by atoms with Crippen molar-refractivity contribution in [1.29, 1.82) is 0 Å². The SMILES string of the molecule is CC(C)C(C)(C)CNc1nccc2c1ncn2C. The molecular formula is C14H22N4. The lowest BCUT2D eigenvalue weighted by atomic mass is 9.81. The first kappa shape index (κ1) is 12.9. The molecule has 98 valence electrons. The molecule has 2 heterocycles. The maximum atomic E-state index is 4.40. The molecule has 4 nitrogen and oxygen atoms in total. The summed E-state index contributed by atoms with van der Waals surface area (Å²) in [5.41, 5.74) is 2.29. The van der Waals surface area contributed by atoms with Gasteiger partial charge in [0.15, 0.2) is 5.82 Å². The molecule has 0 amide bonds. The van der Waals surface area contributed by atoms with E-state index in [1.54, 1.807) is 0 Å². The van der Waals surface area contributed by atoms with Gasteiger partial charge in [-0.1, -0.05) is 27.7 Å². The second-order valence-electron chi connectivity index (χ2n) is 5.88. The molecule has 0 atom stereocenters. The van der Waals surface area contributed by atoms with Crippen molar-refractivity contribution in [2.45, 2.75) is 27.7 Å². The number of hydrogen-bond donors (Lipinski definition) is 1. The van der Waals surface area contributed by atoms with Gasteiger partial charge in [-0.3, -0.25) is 0 Å². The molecule has 18 heavy (non-hydrogen) atoms. The Morgan fingerprint density at radius 3 is 2.72 bits per heavy atom. The van der Waals surface area contributed by atoms with Crippen LogP contribution in [0.5, 0.6) is 0 Å². The average molecular weight is 246 g/mol. The number of pyridine rings is 1. The highest BCUT2D eigenvalue weighted by molar-refractivity contribution is 5.85. The predicted molar refractivity (Wildman–Crippen MR) is 75.6 cm³/mol. The summed E-state index contributed by atoms with van der Waals surface area (Å²) in [6.45, 7) is 9.92. The standard InChI is InChI=1S/C14H22N4/c1-10(2)14(3,4)8-16-13-12-11(6-7-15-13)18(5)9-17-12/h6-7,9-10H,8H2,1-5H3,(H,15,16). The van der Waals surface area contributed by atoms with Crippen LogP contribution < -0.4 is 5.32 Å². The van der Waals surface area contributed by atoms with Gasteiger partial charge in [-0.05, 0) is 17.4 Å². The molecule has 0 aromatic carbocycles. The molecule has 0 unspecified atom stereocenters. The van der Waals surface area contributed by atoms with Crippen LogP contribution in [0.2, 0.25) is 0 Å². The van der Waals surface area contributed by atoms with Crippen molar-refractivity contribution < 1.29 is 0 Å². The number of anilines is 1. The van der Waals surface area contributed by atoms with Crippen molar-refractivity contribution in [2.24, 2.45) is 18.4 Å². The third kappa shape index (κ3) is 2.33. The van der Waals surface area contributed by atoms with Crippen LogP contribution in [0.4, 0.5) is 5.82 Å². The van der Waals surface area contributed by atoms with Crippen molar-refractivity contribution in [2.75, 3.05) is 11.9 Å². The van der Waals surface area contributed by atoms with E-state index in [1.165, 1.54) is 0 Å². The topological polar surface area (TPSA) is 42.7 Å². The maximum Gasteiger partial charge on any atom is 0.154 e. The fraction of sp³-hybridized carbons (Fsp3) is 0.571. The number of aromatic nitrogens is 3. The molecule has 2 aromatic rings. The third-order valence-electron chi connectivity index (χ3n) is 3.92. The van der Waals surface area contributed by atoms with Crippen molar-refractivity contribution >= 4 is 16.9 Å². The maximum absolute atomic E-state index is 4.40. The van der Waals surface area contributed by atoms with Gasteiger partial charge in [-0.2, -0.15) is 0 Å². The van der Waals surface area contributed by atoms with E-state index >= 15 is 0 Å². The van der Waals surface area contributed by atoms with Crippen LogP contribution >= 0.6 is 0 Å². The average Bonchev–Trinajstić information content (AvgIpc) is 2.69. The number of nitrogens with zero attached hydrogens (tertiary/aromatic N) is 3. The van der Waals surface area contributed by atoms with Crippen molar-refractivity contribution in [3.63, 3.8) is 0 Å². The first-order chi connectivity index (χ1) is 8.42. The summed E-state index contributed by atoms with van der Waals surface area (Å²) in [6.07, 6.45) is 3.65. The molecule has 0 radical (unpaired) electrons. The molecule has 0 saturated carbocycles. The minimum absolute atomic E-state index is 0.235. The zero-order valence-electron chi connectivity index (χ0n) is 11.9. The minimum Gasteiger partial charge on any atom is -0.368 e. The quantitative estimate of drug-likeness (QED) is 0.901. The Morgan fingerprint density at radius 1 is 1.33 bits per heavy atom. The van der Waals surface area contributed by atoms with Gasteiger partial charge in [0, 0.05) is 19.8 Å². The van der Waals surface area contributed by atoms with Crippen molar-refractivity contribution in [3.8, 4) is 0 Å². The fourth-order valence-electron chi connectivity index (χ4n) is 1.71. The first-order valence-corrected chi connectivity index (χ1v) is 6.42. The summed E-state index contributed by atoms with van der Waals surface area (Å²) < 4.78 is 2.01. The molecular weight excluding hydrogens is 224 g/mol. The number of rotatable bonds is 4. The minimum atomic E-state index is 0.235. The van der Waals surface area contributed by atoms with Crippen LogP contribution in [0.3, 0.4) is 0 Å². The van der Waals surface area contributed by atoms with Gasteiger partial charge in [0.1, 0.15) is 5.52 Å². The van der Waals surface area contributed by atoms with Gasteiger partial charge < -0.3 is 9.88 Å². The molecule has 0 spiro atoms. The molecule has 0 fully saturated rings. The van der Waals surface area contributed by atoms with Gasteiger partial charge in [0.2, 0.25) is 0 Å². The Bertz CT molecular complexity index is 540. The van der Waals surface area contributed by atoms with E-state index in [4.69, 9.17) is 0 Å². The monoisotopic (exact) mass is 246 g/mol. The number of aryl methyl sites for hydroxylation is 1. The van der Waals surface area contributed by atoms with Crippen LogP contribution in [0, 0.1) is 11.3 Å². The van der Waals surface area contributed by atoms with Crippen molar-refractivity contribution in [1.82, 2.24) is 14.5 Å². The van der Waals surface area contributed by atoms with Gasteiger partial charge >= 0.3 is 0 Å². The van der Waals surface area contributed by atoms with Gasteiger partial charge in [-0.15, -0.1) is 0 Å². The lowest BCUT2D eigenvalue weighted by molar-refractivity contribution is 0.269. The van der Waals surface area contributed by atoms with Crippen LogP contribution in [-0.4, -0.2) is 21.1 Å². The first-order valence-electron chi connectivity index (χ1n) is 6.42. The smallest absolute Gasteiger partial charge is 0.154 e. The largest absolute Gasteiger partial charge is 0.368 e. The van der Waals surface area contributed by atoms with Crippen LogP contribution in [-0.2, 0) is 7.05 Å². The summed E-state index contributed by atoms with van der Waals surface area (Å²) in [5, 5.41) is 3.44. The highest BCUT2D eigenvalue weighted by Gasteiger charge is 2.22. The number of fused-ring (bicyclic) bond motifs is 1. The summed E-state index contributed by atoms with van der Waals surface area (Å²) in [5.74, 6) is 1.50. The molecule has 0 aliphatic heterocycles. The lowest BCUT2D eigenvalue weighted by Crippen LogP contribution is -2.28. The zero-order chi connectivity index (χ0) is 13.3. The molecule has 0 aliphatic rings. The van der Waals surface area contributed by atoms with Crippen molar-refractivity contribution in [3.05, 3.63) is 18.6 Å². The number of nitrogens with one attached hydrogen (secondary N) is 1. The Kier molecular flexibility index (Phi) is 3.28. The Labute approximate surface area is 108 Å². The highest BCUT2D eigenvalue weighted by Crippen LogP contribution is 2.27. The van der Waals surface area contributed by atoms with E-state index in [-0.39, 0.29) is 5.41 Å². The molecule has 4 heteroatoms. The Morgan fingerprint density at radius 2 is 2.06 bits per heavy atom. The van der Waals surface area contributed by atoms with Gasteiger partial charge in [0.25, 0.3) is 0 Å². The summed E-state index contributed by atoms with van der Waals surface area (Å²) in [6, 6.07) is 1.99. The predicted octanol–water partition coefficient (Wildman–Crippen LogP) is 3.06. The van der Waals surface area contributed by atoms with Gasteiger partial charge in [-0.25, -0.2) is 9.97 Å². The molecule has 2 aromatic heterocycles. The highest BCUT2D eigenvalue weighted by atomic mass is 15.1. The molecule has 0 saturated heterocycles. The lowest BCUT2D eigenvalue weighted by Gasteiger charge is -2.29. The molecule has 0 aliphatic carbocycles. The zero-order valence-corrected chi connectivity index (χ0v) is 11.9. The third-order valence-corrected chi connectivity index (χ3v) is 3.92. The molecule has 1 N–H and O–H groups in total. The Balaban J connectivity index is 2.23. The normalized spacial score (nSPS) is 12.3. The van der Waals surface area contributed by atoms with E-state index in [0.29, 0.717) is 5.92 Å². The summed E-state index contributed by atoms with van der Waals surface area (Å²) >= 11 is 0. The summed E-state index contributed by atoms with van der Waals surface area (Å²) in [7, 11) is 2.00. The molecule has 0 bridgehead atoms. The van der Waals surface area contributed by atoms with E-state index in [0.717, 1.165) is 23.4 Å². The van der Waals surface area contributed by atoms with Crippen LogP contribution in [0.1, 0.15) is 27.7 Å². The van der Waals surface area contributed by atoms with Crippen LogP contribution in [0.15, 0.2) is 18.6 Å². The fourth-order valence-corrected chi connectivity index (χ4v) is 1.71. The summed E-state index contributed by atoms with van der Waals surface area (Å²) in [4.78, 5) is 8.80. The van der Waals surface area contributed by atoms with Gasteiger partial charge in [0.05, 0.1) is 11.8 Å². The van der Waals surface area contributed by atoms with E-state index in [1.807, 2.05) is 30.2 Å². The van der Waals surface area contributed by atoms with E-state index < -0.39 is 0 Å². The second kappa shape index (κ2) is 4.59. The molecule has 2 rings (SSSR count). The van der Waals surface area contributed by atoms with Crippen LogP contribution in [0.25, 0.3) is 11.0 Å².